The number of rotatable bonds is 4. The minimum atomic E-state index is -0.566. The third-order valence-corrected chi connectivity index (χ3v) is 4.22. The highest BCUT2D eigenvalue weighted by molar-refractivity contribution is 5.51. The van der Waals surface area contributed by atoms with Crippen molar-refractivity contribution >= 4 is 5.82 Å². The van der Waals surface area contributed by atoms with Crippen molar-refractivity contribution in [2.24, 2.45) is 20.0 Å². The number of nitrogens with zero attached hydrogens (tertiary/aromatic N) is 3. The number of nitrogens with one attached hydrogen (secondary N) is 1. The second kappa shape index (κ2) is 7.01. The second-order valence-corrected chi connectivity index (χ2v) is 6.53. The van der Waals surface area contributed by atoms with Gasteiger partial charge >= 0.3 is 5.69 Å². The first kappa shape index (κ1) is 17.3. The Balaban J connectivity index is 2.28. The van der Waals surface area contributed by atoms with E-state index in [0.29, 0.717) is 18.3 Å². The molecule has 23 heavy (non-hydrogen) atoms. The maximum atomic E-state index is 12.1. The van der Waals surface area contributed by atoms with Crippen LogP contribution in [0.15, 0.2) is 9.59 Å². The Morgan fingerprint density at radius 1 is 1.35 bits per heavy atom. The molecule has 0 aliphatic carbocycles. The van der Waals surface area contributed by atoms with E-state index in [-0.39, 0.29) is 17.7 Å². The van der Waals surface area contributed by atoms with Crippen molar-refractivity contribution in [2.75, 3.05) is 11.9 Å². The average molecular weight is 320 g/mol. The minimum Gasteiger partial charge on any atom is -0.378 e. The number of nitriles is 1. The highest BCUT2D eigenvalue weighted by atomic mass is 16.5. The standard InChI is InChI=1S/C16H24N4O3/c1-10(2)7-12-8-11(5-6-23-12)18-14-13(9-17)15(21)20(4)16(22)19(14)3/h10-12,18H,5-8H2,1-4H3/t11-,12-/m1/s1. The molecule has 0 aromatic carbocycles. The molecule has 2 heterocycles. The van der Waals surface area contributed by atoms with Gasteiger partial charge in [0.05, 0.1) is 6.10 Å². The zero-order valence-electron chi connectivity index (χ0n) is 14.1. The molecule has 7 heteroatoms. The molecule has 0 radical (unpaired) electrons. The summed E-state index contributed by atoms with van der Waals surface area (Å²) in [6, 6.07) is 2.00. The molecule has 0 saturated carbocycles. The Kier molecular flexibility index (Phi) is 5.26. The Morgan fingerprint density at radius 2 is 2.04 bits per heavy atom. The van der Waals surface area contributed by atoms with E-state index in [1.54, 1.807) is 7.05 Å². The van der Waals surface area contributed by atoms with Crippen molar-refractivity contribution in [3.8, 4) is 6.07 Å². The highest BCUT2D eigenvalue weighted by Gasteiger charge is 2.25. The van der Waals surface area contributed by atoms with E-state index in [1.807, 2.05) is 6.07 Å². The van der Waals surface area contributed by atoms with E-state index in [1.165, 1.54) is 11.6 Å². The van der Waals surface area contributed by atoms with Crippen LogP contribution in [0.3, 0.4) is 0 Å². The van der Waals surface area contributed by atoms with Crippen LogP contribution in [-0.4, -0.2) is 27.9 Å². The lowest BCUT2D eigenvalue weighted by Gasteiger charge is -2.32. The molecule has 0 unspecified atom stereocenters. The normalized spacial score (nSPS) is 21.2. The summed E-state index contributed by atoms with van der Waals surface area (Å²) in [6.45, 7) is 4.94. The van der Waals surface area contributed by atoms with Crippen molar-refractivity contribution in [1.82, 2.24) is 9.13 Å². The fourth-order valence-electron chi connectivity index (χ4n) is 3.01. The van der Waals surface area contributed by atoms with E-state index >= 15 is 0 Å². The minimum absolute atomic E-state index is 0.0264. The van der Waals surface area contributed by atoms with Gasteiger partial charge in [0.15, 0.2) is 5.56 Å². The van der Waals surface area contributed by atoms with Gasteiger partial charge in [-0.2, -0.15) is 5.26 Å². The van der Waals surface area contributed by atoms with Crippen LogP contribution in [0, 0.1) is 17.2 Å². The predicted octanol–water partition coefficient (Wildman–Crippen LogP) is 0.961. The van der Waals surface area contributed by atoms with Gasteiger partial charge in [0.25, 0.3) is 5.56 Å². The van der Waals surface area contributed by atoms with E-state index in [4.69, 9.17) is 4.74 Å². The van der Waals surface area contributed by atoms with Crippen LogP contribution in [0.25, 0.3) is 0 Å². The van der Waals surface area contributed by atoms with Gasteiger partial charge in [0.2, 0.25) is 0 Å². The van der Waals surface area contributed by atoms with Crippen LogP contribution < -0.4 is 16.6 Å². The molecular formula is C16H24N4O3. The molecule has 1 aromatic heterocycles. The van der Waals surface area contributed by atoms with Crippen molar-refractivity contribution in [1.29, 1.82) is 5.26 Å². The maximum Gasteiger partial charge on any atom is 0.332 e. The number of anilines is 1. The number of hydrogen-bond acceptors (Lipinski definition) is 5. The zero-order valence-corrected chi connectivity index (χ0v) is 14.1. The van der Waals surface area contributed by atoms with Gasteiger partial charge in [0, 0.05) is 26.7 Å². The second-order valence-electron chi connectivity index (χ2n) is 6.53. The van der Waals surface area contributed by atoms with E-state index in [9.17, 15) is 14.9 Å². The molecule has 126 valence electrons. The van der Waals surface area contributed by atoms with E-state index in [2.05, 4.69) is 19.2 Å². The summed E-state index contributed by atoms with van der Waals surface area (Å²) < 4.78 is 8.05. The Morgan fingerprint density at radius 3 is 2.65 bits per heavy atom. The van der Waals surface area contributed by atoms with Crippen LogP contribution in [-0.2, 0) is 18.8 Å². The van der Waals surface area contributed by atoms with Crippen LogP contribution in [0.5, 0.6) is 0 Å². The van der Waals surface area contributed by atoms with Gasteiger partial charge < -0.3 is 10.1 Å². The lowest BCUT2D eigenvalue weighted by Crippen LogP contribution is -2.42. The summed E-state index contributed by atoms with van der Waals surface area (Å²) in [4.78, 5) is 24.2. The van der Waals surface area contributed by atoms with Gasteiger partial charge in [-0.05, 0) is 25.2 Å². The van der Waals surface area contributed by atoms with E-state index < -0.39 is 11.2 Å². The Hall–Kier alpha value is -2.07. The summed E-state index contributed by atoms with van der Waals surface area (Å²) in [7, 11) is 2.94. The van der Waals surface area contributed by atoms with Gasteiger partial charge in [-0.25, -0.2) is 4.79 Å². The number of ether oxygens (including phenoxy) is 1. The molecular weight excluding hydrogens is 296 g/mol. The van der Waals surface area contributed by atoms with Gasteiger partial charge in [0.1, 0.15) is 11.9 Å². The van der Waals surface area contributed by atoms with Crippen molar-refractivity contribution < 1.29 is 4.74 Å². The van der Waals surface area contributed by atoms with Crippen molar-refractivity contribution in [3.63, 3.8) is 0 Å². The highest BCUT2D eigenvalue weighted by Crippen LogP contribution is 2.23. The molecule has 0 bridgehead atoms. The summed E-state index contributed by atoms with van der Waals surface area (Å²) in [5.74, 6) is 0.845. The maximum absolute atomic E-state index is 12.1. The summed E-state index contributed by atoms with van der Waals surface area (Å²) in [5.41, 5.74) is -1.03. The molecule has 1 saturated heterocycles. The van der Waals surface area contributed by atoms with Gasteiger partial charge in [-0.15, -0.1) is 0 Å². The molecule has 1 fully saturated rings. The van der Waals surface area contributed by atoms with Crippen LogP contribution in [0.4, 0.5) is 5.82 Å². The molecule has 7 nitrogen and oxygen atoms in total. The molecule has 1 aliphatic heterocycles. The first-order valence-corrected chi connectivity index (χ1v) is 7.93. The monoisotopic (exact) mass is 320 g/mol. The SMILES string of the molecule is CC(C)C[C@@H]1C[C@H](Nc2c(C#N)c(=O)n(C)c(=O)n2C)CCO1. The number of hydrogen-bond donors (Lipinski definition) is 1. The zero-order chi connectivity index (χ0) is 17.1. The van der Waals surface area contributed by atoms with Gasteiger partial charge in [-0.3, -0.25) is 13.9 Å². The lowest BCUT2D eigenvalue weighted by atomic mass is 9.96. The fourth-order valence-corrected chi connectivity index (χ4v) is 3.01. The number of aromatic nitrogens is 2. The fraction of sp³-hybridized carbons (Fsp3) is 0.688. The quantitative estimate of drug-likeness (QED) is 0.892. The first-order valence-electron chi connectivity index (χ1n) is 7.93. The van der Waals surface area contributed by atoms with Crippen molar-refractivity contribution in [3.05, 3.63) is 26.4 Å². The molecule has 1 aliphatic rings. The largest absolute Gasteiger partial charge is 0.378 e. The lowest BCUT2D eigenvalue weighted by molar-refractivity contribution is -0.000632. The third-order valence-electron chi connectivity index (χ3n) is 4.22. The Labute approximate surface area is 135 Å². The van der Waals surface area contributed by atoms with Crippen LogP contribution in [0.2, 0.25) is 0 Å². The predicted molar refractivity (Wildman–Crippen MR) is 87.5 cm³/mol. The van der Waals surface area contributed by atoms with Crippen LogP contribution >= 0.6 is 0 Å². The summed E-state index contributed by atoms with van der Waals surface area (Å²) in [6.07, 6.45) is 2.71. The molecule has 0 amide bonds. The third kappa shape index (κ3) is 3.64. The molecule has 0 spiro atoms. The topological polar surface area (TPSA) is 89.0 Å². The van der Waals surface area contributed by atoms with E-state index in [0.717, 1.165) is 23.8 Å². The van der Waals surface area contributed by atoms with Crippen molar-refractivity contribution in [2.45, 2.75) is 45.3 Å². The molecule has 2 atom stereocenters. The molecule has 2 rings (SSSR count). The van der Waals surface area contributed by atoms with Gasteiger partial charge in [-0.1, -0.05) is 13.8 Å². The molecule has 1 N–H and O–H groups in total. The molecule has 1 aromatic rings. The summed E-state index contributed by atoms with van der Waals surface area (Å²) in [5, 5.41) is 12.5. The average Bonchev–Trinajstić information content (AvgIpc) is 2.50. The first-order chi connectivity index (χ1) is 10.8. The summed E-state index contributed by atoms with van der Waals surface area (Å²) >= 11 is 0. The van der Waals surface area contributed by atoms with Crippen LogP contribution in [0.1, 0.15) is 38.7 Å². The Bertz CT molecular complexity index is 727. The smallest absolute Gasteiger partial charge is 0.332 e.